The highest BCUT2D eigenvalue weighted by atomic mass is 16.5. The van der Waals surface area contributed by atoms with Gasteiger partial charge in [0.25, 0.3) is 0 Å². The van der Waals surface area contributed by atoms with E-state index in [0.717, 1.165) is 35.4 Å². The number of pyridine rings is 1. The second-order valence-corrected chi connectivity index (χ2v) is 9.38. The van der Waals surface area contributed by atoms with Crippen molar-refractivity contribution in [2.75, 3.05) is 7.11 Å². The van der Waals surface area contributed by atoms with Gasteiger partial charge < -0.3 is 9.30 Å². The SMILES string of the molecule is C=C(/C=C/C)c1ccc2c(c1)c(CC(C)(C)C)c(-c1cccnc1C(C)OC)n2CC. The Morgan fingerprint density at radius 3 is 2.61 bits per heavy atom. The third-order valence-corrected chi connectivity index (χ3v) is 5.76. The monoisotopic (exact) mass is 416 g/mol. The molecule has 1 atom stereocenters. The molecule has 0 amide bonds. The van der Waals surface area contributed by atoms with Crippen molar-refractivity contribution < 1.29 is 4.74 Å². The summed E-state index contributed by atoms with van der Waals surface area (Å²) >= 11 is 0. The minimum atomic E-state index is -0.0768. The van der Waals surface area contributed by atoms with Crippen LogP contribution in [-0.4, -0.2) is 16.7 Å². The second-order valence-electron chi connectivity index (χ2n) is 9.38. The van der Waals surface area contributed by atoms with Crippen molar-refractivity contribution in [3.05, 3.63) is 72.1 Å². The molecule has 3 rings (SSSR count). The van der Waals surface area contributed by atoms with Crippen LogP contribution in [0, 0.1) is 5.41 Å². The minimum absolute atomic E-state index is 0.0768. The third kappa shape index (κ3) is 4.67. The minimum Gasteiger partial charge on any atom is -0.375 e. The van der Waals surface area contributed by atoms with Crippen molar-refractivity contribution in [3.63, 3.8) is 0 Å². The van der Waals surface area contributed by atoms with Gasteiger partial charge in [-0.15, -0.1) is 0 Å². The number of allylic oxidation sites excluding steroid dienone is 3. The summed E-state index contributed by atoms with van der Waals surface area (Å²) in [5.41, 5.74) is 8.37. The zero-order chi connectivity index (χ0) is 22.8. The Kier molecular flexibility index (Phi) is 6.86. The maximum Gasteiger partial charge on any atom is 0.0969 e. The Labute approximate surface area is 187 Å². The molecule has 164 valence electrons. The zero-order valence-electron chi connectivity index (χ0n) is 20.1. The summed E-state index contributed by atoms with van der Waals surface area (Å²) in [6, 6.07) is 10.9. The molecule has 0 spiro atoms. The first-order chi connectivity index (χ1) is 14.7. The van der Waals surface area contributed by atoms with E-state index in [9.17, 15) is 0 Å². The summed E-state index contributed by atoms with van der Waals surface area (Å²) < 4.78 is 8.11. The Morgan fingerprint density at radius 2 is 2.00 bits per heavy atom. The van der Waals surface area contributed by atoms with Gasteiger partial charge >= 0.3 is 0 Å². The molecule has 0 saturated carbocycles. The van der Waals surface area contributed by atoms with Crippen molar-refractivity contribution in [2.45, 2.75) is 60.6 Å². The van der Waals surface area contributed by atoms with Gasteiger partial charge in [-0.05, 0) is 73.6 Å². The van der Waals surface area contributed by atoms with Crippen molar-refractivity contribution in [1.82, 2.24) is 9.55 Å². The van der Waals surface area contributed by atoms with Crippen molar-refractivity contribution in [3.8, 4) is 11.3 Å². The molecule has 3 aromatic rings. The number of hydrogen-bond donors (Lipinski definition) is 0. The number of benzene rings is 1. The van der Waals surface area contributed by atoms with Crippen molar-refractivity contribution in [1.29, 1.82) is 0 Å². The Hall–Kier alpha value is -2.65. The lowest BCUT2D eigenvalue weighted by molar-refractivity contribution is 0.116. The third-order valence-electron chi connectivity index (χ3n) is 5.76. The molecule has 1 aromatic carbocycles. The topological polar surface area (TPSA) is 27.1 Å². The first-order valence-corrected chi connectivity index (χ1v) is 11.2. The summed E-state index contributed by atoms with van der Waals surface area (Å²) in [5.74, 6) is 0. The fraction of sp³-hybridized carbons (Fsp3) is 0.393. The highest BCUT2D eigenvalue weighted by molar-refractivity contribution is 5.95. The quantitative estimate of drug-likeness (QED) is 0.371. The number of aromatic nitrogens is 2. The molecule has 3 heteroatoms. The normalized spacial score (nSPS) is 13.3. The average Bonchev–Trinajstić information content (AvgIpc) is 3.04. The predicted octanol–water partition coefficient (Wildman–Crippen LogP) is 7.61. The standard InChI is InChI=1S/C28H36N2O/c1-9-12-19(3)21-14-15-25-23(17-21)24(18-28(5,6)7)27(30(25)10-2)22-13-11-16-29-26(22)20(4)31-8/h9,11-17,20H,3,10,18H2,1-2,4-8H3/b12-9+. The summed E-state index contributed by atoms with van der Waals surface area (Å²) in [4.78, 5) is 4.72. The van der Waals surface area contributed by atoms with Crippen molar-refractivity contribution >= 4 is 16.5 Å². The number of hydrogen-bond acceptors (Lipinski definition) is 2. The van der Waals surface area contributed by atoms with Gasteiger partial charge in [0.05, 0.1) is 17.5 Å². The molecule has 3 nitrogen and oxygen atoms in total. The van der Waals surface area contributed by atoms with E-state index in [1.807, 2.05) is 25.3 Å². The lowest BCUT2D eigenvalue weighted by Gasteiger charge is -2.21. The van der Waals surface area contributed by atoms with Crippen LogP contribution in [0.4, 0.5) is 0 Å². The molecule has 0 bridgehead atoms. The van der Waals surface area contributed by atoms with E-state index in [1.54, 1.807) is 7.11 Å². The Morgan fingerprint density at radius 1 is 1.26 bits per heavy atom. The smallest absolute Gasteiger partial charge is 0.0969 e. The van der Waals surface area contributed by atoms with Crippen LogP contribution in [-0.2, 0) is 17.7 Å². The summed E-state index contributed by atoms with van der Waals surface area (Å²) in [6.07, 6.45) is 6.87. The number of ether oxygens (including phenoxy) is 1. The van der Waals surface area contributed by atoms with Gasteiger partial charge in [0, 0.05) is 36.3 Å². The summed E-state index contributed by atoms with van der Waals surface area (Å²) in [7, 11) is 1.74. The van der Waals surface area contributed by atoms with Crippen LogP contribution in [0.2, 0.25) is 0 Å². The lowest BCUT2D eigenvalue weighted by Crippen LogP contribution is -2.11. The van der Waals surface area contributed by atoms with Gasteiger partial charge in [-0.2, -0.15) is 0 Å². The number of nitrogens with zero attached hydrogens (tertiary/aromatic N) is 2. The van der Waals surface area contributed by atoms with Crippen LogP contribution in [0.25, 0.3) is 27.7 Å². The largest absolute Gasteiger partial charge is 0.375 e. The molecule has 31 heavy (non-hydrogen) atoms. The molecule has 0 aliphatic carbocycles. The van der Waals surface area contributed by atoms with Gasteiger partial charge in [-0.25, -0.2) is 0 Å². The summed E-state index contributed by atoms with van der Waals surface area (Å²) in [6.45, 7) is 18.4. The van der Waals surface area contributed by atoms with Gasteiger partial charge in [-0.1, -0.05) is 45.6 Å². The molecule has 0 radical (unpaired) electrons. The van der Waals surface area contributed by atoms with E-state index in [-0.39, 0.29) is 11.5 Å². The zero-order valence-corrected chi connectivity index (χ0v) is 20.1. The van der Waals surface area contributed by atoms with Crippen LogP contribution in [0.1, 0.15) is 64.5 Å². The van der Waals surface area contributed by atoms with E-state index >= 15 is 0 Å². The van der Waals surface area contributed by atoms with E-state index in [0.29, 0.717) is 0 Å². The number of aryl methyl sites for hydroxylation is 1. The molecule has 2 aromatic heterocycles. The molecule has 0 N–H and O–H groups in total. The van der Waals surface area contributed by atoms with Crippen molar-refractivity contribution in [2.24, 2.45) is 5.41 Å². The Balaban J connectivity index is 2.40. The highest BCUT2D eigenvalue weighted by Crippen LogP contribution is 2.40. The maximum absolute atomic E-state index is 5.67. The molecule has 1 unspecified atom stereocenters. The fourth-order valence-electron chi connectivity index (χ4n) is 4.32. The number of rotatable bonds is 7. The number of fused-ring (bicyclic) bond motifs is 1. The van der Waals surface area contributed by atoms with Gasteiger partial charge in [0.1, 0.15) is 0 Å². The molecule has 0 saturated heterocycles. The first kappa shape index (κ1) is 23.0. The molecule has 0 aliphatic rings. The fourth-order valence-corrected chi connectivity index (χ4v) is 4.32. The van der Waals surface area contributed by atoms with Crippen LogP contribution in [0.5, 0.6) is 0 Å². The van der Waals surface area contributed by atoms with E-state index in [2.05, 4.69) is 76.1 Å². The molecular weight excluding hydrogens is 380 g/mol. The van der Waals surface area contributed by atoms with Gasteiger partial charge in [-0.3, -0.25) is 4.98 Å². The molecular formula is C28H36N2O. The first-order valence-electron chi connectivity index (χ1n) is 11.2. The number of methoxy groups -OCH3 is 1. The van der Waals surface area contributed by atoms with E-state index in [4.69, 9.17) is 9.72 Å². The molecule has 0 fully saturated rings. The summed E-state index contributed by atoms with van der Waals surface area (Å²) in [5, 5.41) is 1.30. The van der Waals surface area contributed by atoms with E-state index in [1.165, 1.54) is 22.2 Å². The lowest BCUT2D eigenvalue weighted by atomic mass is 9.85. The van der Waals surface area contributed by atoms with Gasteiger partial charge in [0.2, 0.25) is 0 Å². The van der Waals surface area contributed by atoms with E-state index < -0.39 is 0 Å². The maximum atomic E-state index is 5.67. The molecule has 0 aliphatic heterocycles. The van der Waals surface area contributed by atoms with Crippen LogP contribution in [0.15, 0.2) is 55.3 Å². The second kappa shape index (κ2) is 9.23. The average molecular weight is 417 g/mol. The molecule has 2 heterocycles. The van der Waals surface area contributed by atoms with Gasteiger partial charge in [0.15, 0.2) is 0 Å². The van der Waals surface area contributed by atoms with Crippen LogP contribution in [0.3, 0.4) is 0 Å². The predicted molar refractivity (Wildman–Crippen MR) is 133 cm³/mol. The van der Waals surface area contributed by atoms with Crippen LogP contribution >= 0.6 is 0 Å². The van der Waals surface area contributed by atoms with Crippen LogP contribution < -0.4 is 0 Å². The highest BCUT2D eigenvalue weighted by Gasteiger charge is 2.25. The Bertz CT molecular complexity index is 1110.